The van der Waals surface area contributed by atoms with Gasteiger partial charge in [0.25, 0.3) is 0 Å². The van der Waals surface area contributed by atoms with Crippen molar-refractivity contribution in [2.24, 2.45) is 5.92 Å². The zero-order valence-corrected chi connectivity index (χ0v) is 12.1. The molecule has 106 valence electrons. The van der Waals surface area contributed by atoms with Crippen LogP contribution in [0.1, 0.15) is 37.4 Å². The van der Waals surface area contributed by atoms with Crippen molar-refractivity contribution in [2.45, 2.75) is 33.2 Å². The molecule has 0 amide bonds. The zero-order valence-electron chi connectivity index (χ0n) is 12.1. The topological polar surface area (TPSA) is 58.6 Å². The number of nitrogens with one attached hydrogen (secondary N) is 1. The van der Waals surface area contributed by atoms with E-state index in [9.17, 15) is 4.79 Å². The molecule has 0 saturated carbocycles. The van der Waals surface area contributed by atoms with Crippen molar-refractivity contribution in [3.8, 4) is 5.75 Å². The summed E-state index contributed by atoms with van der Waals surface area (Å²) in [4.78, 5) is 10.8. The van der Waals surface area contributed by atoms with Crippen molar-refractivity contribution in [3.63, 3.8) is 0 Å². The van der Waals surface area contributed by atoms with E-state index >= 15 is 0 Å². The largest absolute Gasteiger partial charge is 0.494 e. The summed E-state index contributed by atoms with van der Waals surface area (Å²) in [5.74, 6) is 0.141. The molecule has 1 aromatic carbocycles. The summed E-state index contributed by atoms with van der Waals surface area (Å²) in [6.45, 7) is 6.55. The minimum absolute atomic E-state index is 0.0276. The Balaban J connectivity index is 2.92. The van der Waals surface area contributed by atoms with Gasteiger partial charge in [0.15, 0.2) is 0 Å². The Labute approximate surface area is 114 Å². The highest BCUT2D eigenvalue weighted by Gasteiger charge is 2.20. The molecule has 0 bridgehead atoms. The number of carbonyl (C=O) groups is 1. The van der Waals surface area contributed by atoms with Crippen LogP contribution in [0, 0.1) is 12.8 Å². The number of ether oxygens (including phenoxy) is 1. The maximum Gasteiger partial charge on any atom is 0.303 e. The SMILES string of the molecule is CCOc1ccc(C(NC)C(C)CC(=O)O)cc1C. The van der Waals surface area contributed by atoms with Gasteiger partial charge in [0.05, 0.1) is 6.61 Å². The summed E-state index contributed by atoms with van der Waals surface area (Å²) in [6.07, 6.45) is 0.151. The van der Waals surface area contributed by atoms with E-state index in [4.69, 9.17) is 9.84 Å². The Morgan fingerprint density at radius 2 is 2.16 bits per heavy atom. The van der Waals surface area contributed by atoms with Crippen LogP contribution in [0.4, 0.5) is 0 Å². The lowest BCUT2D eigenvalue weighted by Crippen LogP contribution is -2.25. The molecular formula is C15H23NO3. The predicted molar refractivity (Wildman–Crippen MR) is 75.6 cm³/mol. The molecule has 0 radical (unpaired) electrons. The van der Waals surface area contributed by atoms with Crippen LogP contribution >= 0.6 is 0 Å². The summed E-state index contributed by atoms with van der Waals surface area (Å²) >= 11 is 0. The Bertz CT molecular complexity index is 431. The Hall–Kier alpha value is -1.55. The van der Waals surface area contributed by atoms with Crippen LogP contribution in [0.15, 0.2) is 18.2 Å². The first-order chi connectivity index (χ1) is 8.99. The van der Waals surface area contributed by atoms with Crippen LogP contribution < -0.4 is 10.1 Å². The van der Waals surface area contributed by atoms with Gasteiger partial charge in [0, 0.05) is 12.5 Å². The molecule has 19 heavy (non-hydrogen) atoms. The van der Waals surface area contributed by atoms with Crippen LogP contribution in [0.25, 0.3) is 0 Å². The maximum atomic E-state index is 10.8. The highest BCUT2D eigenvalue weighted by atomic mass is 16.5. The number of aryl methyl sites for hydroxylation is 1. The van der Waals surface area contributed by atoms with Gasteiger partial charge < -0.3 is 15.2 Å². The van der Waals surface area contributed by atoms with Gasteiger partial charge in [-0.25, -0.2) is 0 Å². The molecule has 0 aliphatic carbocycles. The van der Waals surface area contributed by atoms with Crippen molar-refractivity contribution in [2.75, 3.05) is 13.7 Å². The number of benzene rings is 1. The fourth-order valence-electron chi connectivity index (χ4n) is 2.36. The van der Waals surface area contributed by atoms with Crippen LogP contribution in [0.5, 0.6) is 5.75 Å². The van der Waals surface area contributed by atoms with Crippen LogP contribution in [-0.2, 0) is 4.79 Å². The monoisotopic (exact) mass is 265 g/mol. The number of rotatable bonds is 7. The summed E-state index contributed by atoms with van der Waals surface area (Å²) in [5.41, 5.74) is 2.17. The second-order valence-corrected chi connectivity index (χ2v) is 4.80. The van der Waals surface area contributed by atoms with E-state index < -0.39 is 5.97 Å². The lowest BCUT2D eigenvalue weighted by atomic mass is 9.91. The molecule has 4 nitrogen and oxygen atoms in total. The van der Waals surface area contributed by atoms with Crippen molar-refractivity contribution in [1.29, 1.82) is 0 Å². The van der Waals surface area contributed by atoms with Crippen molar-refractivity contribution < 1.29 is 14.6 Å². The fraction of sp³-hybridized carbons (Fsp3) is 0.533. The Kier molecular flexibility index (Phi) is 5.83. The van der Waals surface area contributed by atoms with Gasteiger partial charge >= 0.3 is 5.97 Å². The Morgan fingerprint density at radius 1 is 1.47 bits per heavy atom. The number of carboxylic acid groups (broad SMARTS) is 1. The molecule has 0 heterocycles. The number of hydrogen-bond acceptors (Lipinski definition) is 3. The van der Waals surface area contributed by atoms with E-state index in [0.717, 1.165) is 16.9 Å². The second-order valence-electron chi connectivity index (χ2n) is 4.80. The molecule has 0 saturated heterocycles. The molecular weight excluding hydrogens is 242 g/mol. The molecule has 2 N–H and O–H groups in total. The molecule has 1 rings (SSSR count). The smallest absolute Gasteiger partial charge is 0.303 e. The van der Waals surface area contributed by atoms with Crippen LogP contribution in [-0.4, -0.2) is 24.7 Å². The minimum Gasteiger partial charge on any atom is -0.494 e. The van der Waals surface area contributed by atoms with E-state index in [1.165, 1.54) is 0 Å². The molecule has 0 spiro atoms. The average molecular weight is 265 g/mol. The van der Waals surface area contributed by atoms with Gasteiger partial charge in [-0.1, -0.05) is 19.1 Å². The van der Waals surface area contributed by atoms with E-state index in [0.29, 0.717) is 6.61 Å². The summed E-state index contributed by atoms with van der Waals surface area (Å²) in [6, 6.07) is 6.04. The van der Waals surface area contributed by atoms with Gasteiger partial charge in [0.2, 0.25) is 0 Å². The van der Waals surface area contributed by atoms with Crippen molar-refractivity contribution >= 4 is 5.97 Å². The molecule has 0 aliphatic rings. The summed E-state index contributed by atoms with van der Waals surface area (Å²) in [7, 11) is 1.86. The van der Waals surface area contributed by atoms with Crippen LogP contribution in [0.3, 0.4) is 0 Å². The van der Waals surface area contributed by atoms with Crippen LogP contribution in [0.2, 0.25) is 0 Å². The van der Waals surface area contributed by atoms with E-state index in [1.54, 1.807) is 0 Å². The van der Waals surface area contributed by atoms with Crippen molar-refractivity contribution in [3.05, 3.63) is 29.3 Å². The maximum absolute atomic E-state index is 10.8. The number of hydrogen-bond donors (Lipinski definition) is 2. The van der Waals surface area contributed by atoms with Crippen molar-refractivity contribution in [1.82, 2.24) is 5.32 Å². The number of aliphatic carboxylic acids is 1. The molecule has 4 heteroatoms. The van der Waals surface area contributed by atoms with E-state index in [-0.39, 0.29) is 18.4 Å². The first-order valence-corrected chi connectivity index (χ1v) is 6.62. The number of carboxylic acids is 1. The molecule has 1 aromatic rings. The van der Waals surface area contributed by atoms with E-state index in [1.807, 2.05) is 40.0 Å². The van der Waals surface area contributed by atoms with Gasteiger partial charge in [-0.15, -0.1) is 0 Å². The first-order valence-electron chi connectivity index (χ1n) is 6.62. The molecule has 0 fully saturated rings. The Morgan fingerprint density at radius 3 is 2.63 bits per heavy atom. The summed E-state index contributed by atoms with van der Waals surface area (Å²) < 4.78 is 5.52. The average Bonchev–Trinajstić information content (AvgIpc) is 2.32. The second kappa shape index (κ2) is 7.14. The summed E-state index contributed by atoms with van der Waals surface area (Å²) in [5, 5.41) is 12.1. The first kappa shape index (κ1) is 15.5. The van der Waals surface area contributed by atoms with Gasteiger partial charge in [-0.3, -0.25) is 4.79 Å². The van der Waals surface area contributed by atoms with Gasteiger partial charge in [-0.2, -0.15) is 0 Å². The molecule has 2 unspecified atom stereocenters. The highest BCUT2D eigenvalue weighted by molar-refractivity contribution is 5.67. The molecule has 0 aromatic heterocycles. The minimum atomic E-state index is -0.768. The third kappa shape index (κ3) is 4.24. The molecule has 0 aliphatic heterocycles. The fourth-order valence-corrected chi connectivity index (χ4v) is 2.36. The zero-order chi connectivity index (χ0) is 14.4. The third-order valence-corrected chi connectivity index (χ3v) is 3.23. The van der Waals surface area contributed by atoms with Gasteiger partial charge in [0.1, 0.15) is 5.75 Å². The highest BCUT2D eigenvalue weighted by Crippen LogP contribution is 2.28. The quantitative estimate of drug-likeness (QED) is 0.796. The van der Waals surface area contributed by atoms with E-state index in [2.05, 4.69) is 11.4 Å². The lowest BCUT2D eigenvalue weighted by Gasteiger charge is -2.23. The molecule has 2 atom stereocenters. The third-order valence-electron chi connectivity index (χ3n) is 3.23. The van der Waals surface area contributed by atoms with Gasteiger partial charge in [-0.05, 0) is 44.0 Å². The predicted octanol–water partition coefficient (Wildman–Crippen LogP) is 2.77. The lowest BCUT2D eigenvalue weighted by molar-refractivity contribution is -0.138. The standard InChI is InChI=1S/C15H23NO3/c1-5-19-13-7-6-12(8-10(13)2)15(16-4)11(3)9-14(17)18/h6-8,11,15-16H,5,9H2,1-4H3,(H,17,18). The normalized spacial score (nSPS) is 13.9.